The molecule has 62 valence electrons. The minimum Gasteiger partial charge on any atom is -0.296 e. The third kappa shape index (κ3) is 1.98. The molecular formula is C5H4Cl3NO2. The van der Waals surface area contributed by atoms with E-state index in [2.05, 4.69) is 0 Å². The van der Waals surface area contributed by atoms with Gasteiger partial charge in [0.2, 0.25) is 15.6 Å². The van der Waals surface area contributed by atoms with Gasteiger partial charge in [-0.3, -0.25) is 14.9 Å². The molecule has 1 heterocycles. The smallest absolute Gasteiger partial charge is 0.234 e. The normalized spacial score (nSPS) is 25.5. The first kappa shape index (κ1) is 9.10. The summed E-state index contributed by atoms with van der Waals surface area (Å²) >= 11 is 16.3. The molecule has 0 aromatic rings. The second kappa shape index (κ2) is 2.81. The van der Waals surface area contributed by atoms with Crippen molar-refractivity contribution in [3.63, 3.8) is 0 Å². The third-order valence-electron chi connectivity index (χ3n) is 1.36. The molecule has 0 aromatic heterocycles. The average Bonchev–Trinajstić information content (AvgIpc) is 2.08. The molecule has 1 rings (SSSR count). The van der Waals surface area contributed by atoms with Gasteiger partial charge in [0.05, 0.1) is 5.92 Å². The molecule has 1 atom stereocenters. The highest BCUT2D eigenvalue weighted by atomic mass is 35.6. The summed E-state index contributed by atoms with van der Waals surface area (Å²) in [7, 11) is 0. The van der Waals surface area contributed by atoms with Crippen LogP contribution in [0.1, 0.15) is 6.42 Å². The molecular weight excluding hydrogens is 212 g/mol. The molecule has 1 fully saturated rings. The zero-order chi connectivity index (χ0) is 8.65. The Hall–Kier alpha value is 0.01000. The van der Waals surface area contributed by atoms with Gasteiger partial charge in [-0.2, -0.15) is 0 Å². The lowest BCUT2D eigenvalue weighted by molar-refractivity contribution is -0.125. The average molecular weight is 216 g/mol. The summed E-state index contributed by atoms with van der Waals surface area (Å²) in [6.07, 6.45) is -0.0463. The number of halogens is 3. The summed E-state index contributed by atoms with van der Waals surface area (Å²) in [5.41, 5.74) is 0. The van der Waals surface area contributed by atoms with Gasteiger partial charge in [0.1, 0.15) is 0 Å². The predicted octanol–water partition coefficient (Wildman–Crippen LogP) is 1.02. The monoisotopic (exact) mass is 215 g/mol. The van der Waals surface area contributed by atoms with Gasteiger partial charge in [0.25, 0.3) is 0 Å². The van der Waals surface area contributed by atoms with Gasteiger partial charge in [0, 0.05) is 6.42 Å². The summed E-state index contributed by atoms with van der Waals surface area (Å²) in [5, 5.41) is 2.04. The quantitative estimate of drug-likeness (QED) is 0.485. The number of carbonyl (C=O) groups excluding carboxylic acids is 2. The van der Waals surface area contributed by atoms with Crippen LogP contribution in [0.4, 0.5) is 0 Å². The van der Waals surface area contributed by atoms with E-state index in [1.807, 2.05) is 5.32 Å². The molecule has 1 saturated heterocycles. The Morgan fingerprint density at radius 3 is 2.09 bits per heavy atom. The molecule has 1 aliphatic rings. The van der Waals surface area contributed by atoms with E-state index in [0.29, 0.717) is 0 Å². The first-order valence-electron chi connectivity index (χ1n) is 2.81. The predicted molar refractivity (Wildman–Crippen MR) is 41.5 cm³/mol. The minimum atomic E-state index is -1.68. The number of rotatable bonds is 0. The lowest BCUT2D eigenvalue weighted by Crippen LogP contribution is -2.28. The fraction of sp³-hybridized carbons (Fsp3) is 0.600. The van der Waals surface area contributed by atoms with Gasteiger partial charge < -0.3 is 0 Å². The topological polar surface area (TPSA) is 46.2 Å². The molecule has 6 heteroatoms. The van der Waals surface area contributed by atoms with Crippen LogP contribution in [0.25, 0.3) is 0 Å². The number of hydrogen-bond donors (Lipinski definition) is 1. The highest BCUT2D eigenvalue weighted by molar-refractivity contribution is 6.68. The number of carbonyl (C=O) groups is 2. The van der Waals surface area contributed by atoms with Crippen molar-refractivity contribution in [3.8, 4) is 0 Å². The minimum absolute atomic E-state index is 0.0463. The molecule has 0 radical (unpaired) electrons. The van der Waals surface area contributed by atoms with Crippen molar-refractivity contribution < 1.29 is 9.59 Å². The largest absolute Gasteiger partial charge is 0.296 e. The van der Waals surface area contributed by atoms with Crippen molar-refractivity contribution in [1.82, 2.24) is 5.32 Å². The van der Waals surface area contributed by atoms with Gasteiger partial charge in [-0.25, -0.2) is 0 Å². The van der Waals surface area contributed by atoms with Crippen LogP contribution in [0.2, 0.25) is 0 Å². The Kier molecular flexibility index (Phi) is 2.32. The number of amides is 2. The number of hydrogen-bond acceptors (Lipinski definition) is 2. The Morgan fingerprint density at radius 1 is 1.36 bits per heavy atom. The van der Waals surface area contributed by atoms with Crippen LogP contribution in [0.3, 0.4) is 0 Å². The van der Waals surface area contributed by atoms with Gasteiger partial charge in [0.15, 0.2) is 0 Å². The van der Waals surface area contributed by atoms with Crippen molar-refractivity contribution in [1.29, 1.82) is 0 Å². The summed E-state index contributed by atoms with van der Waals surface area (Å²) in [6, 6.07) is 0. The van der Waals surface area contributed by atoms with Gasteiger partial charge in [-0.15, -0.1) is 0 Å². The Bertz CT molecular complexity index is 210. The van der Waals surface area contributed by atoms with Crippen molar-refractivity contribution in [2.75, 3.05) is 0 Å². The lowest BCUT2D eigenvalue weighted by Gasteiger charge is -2.14. The second-order valence-electron chi connectivity index (χ2n) is 2.21. The van der Waals surface area contributed by atoms with E-state index in [-0.39, 0.29) is 6.42 Å². The van der Waals surface area contributed by atoms with E-state index in [1.54, 1.807) is 0 Å². The van der Waals surface area contributed by atoms with E-state index in [9.17, 15) is 9.59 Å². The van der Waals surface area contributed by atoms with Crippen LogP contribution in [0, 0.1) is 5.92 Å². The Morgan fingerprint density at radius 2 is 1.91 bits per heavy atom. The highest BCUT2D eigenvalue weighted by Crippen LogP contribution is 2.38. The number of nitrogens with one attached hydrogen (secondary N) is 1. The molecule has 0 aliphatic carbocycles. The fourth-order valence-corrected chi connectivity index (χ4v) is 1.35. The first-order valence-corrected chi connectivity index (χ1v) is 3.95. The van der Waals surface area contributed by atoms with Crippen LogP contribution < -0.4 is 5.32 Å². The van der Waals surface area contributed by atoms with E-state index < -0.39 is 21.5 Å². The van der Waals surface area contributed by atoms with E-state index in [0.717, 1.165) is 0 Å². The van der Waals surface area contributed by atoms with Crippen LogP contribution in [0.5, 0.6) is 0 Å². The zero-order valence-corrected chi connectivity index (χ0v) is 7.50. The van der Waals surface area contributed by atoms with Gasteiger partial charge in [-0.1, -0.05) is 34.8 Å². The molecule has 0 bridgehead atoms. The molecule has 3 nitrogen and oxygen atoms in total. The van der Waals surface area contributed by atoms with Crippen molar-refractivity contribution in [2.24, 2.45) is 5.92 Å². The molecule has 2 amide bonds. The van der Waals surface area contributed by atoms with E-state index in [1.165, 1.54) is 0 Å². The Labute approximate surface area is 78.0 Å². The highest BCUT2D eigenvalue weighted by Gasteiger charge is 2.44. The lowest BCUT2D eigenvalue weighted by atomic mass is 10.1. The molecule has 0 spiro atoms. The van der Waals surface area contributed by atoms with Gasteiger partial charge >= 0.3 is 0 Å². The Balaban J connectivity index is 2.76. The second-order valence-corrected chi connectivity index (χ2v) is 4.58. The van der Waals surface area contributed by atoms with Crippen LogP contribution in [-0.4, -0.2) is 15.6 Å². The van der Waals surface area contributed by atoms with Crippen LogP contribution in [0.15, 0.2) is 0 Å². The maximum absolute atomic E-state index is 10.8. The number of imide groups is 1. The summed E-state index contributed by atoms with van der Waals surface area (Å²) < 4.78 is -1.68. The molecule has 0 saturated carbocycles. The summed E-state index contributed by atoms with van der Waals surface area (Å²) in [5.74, 6) is -1.76. The van der Waals surface area contributed by atoms with Crippen LogP contribution >= 0.6 is 34.8 Å². The summed E-state index contributed by atoms with van der Waals surface area (Å²) in [4.78, 5) is 21.4. The zero-order valence-electron chi connectivity index (χ0n) is 5.23. The third-order valence-corrected chi connectivity index (χ3v) is 2.15. The van der Waals surface area contributed by atoms with E-state index >= 15 is 0 Å². The standard InChI is InChI=1S/C5H4Cl3NO2/c6-5(7,8)2-1-3(10)9-4(2)11/h2H,1H2,(H,9,10,11). The maximum Gasteiger partial charge on any atom is 0.234 e. The molecule has 0 aromatic carbocycles. The van der Waals surface area contributed by atoms with Crippen molar-refractivity contribution in [2.45, 2.75) is 10.2 Å². The molecule has 1 N–H and O–H groups in total. The fourth-order valence-electron chi connectivity index (χ4n) is 0.818. The van der Waals surface area contributed by atoms with Crippen LogP contribution in [-0.2, 0) is 9.59 Å². The first-order chi connectivity index (χ1) is 4.91. The molecule has 1 aliphatic heterocycles. The number of alkyl halides is 3. The maximum atomic E-state index is 10.8. The van der Waals surface area contributed by atoms with Gasteiger partial charge in [-0.05, 0) is 0 Å². The molecule has 1 unspecified atom stereocenters. The van der Waals surface area contributed by atoms with Crippen molar-refractivity contribution in [3.05, 3.63) is 0 Å². The van der Waals surface area contributed by atoms with E-state index in [4.69, 9.17) is 34.8 Å². The summed E-state index contributed by atoms with van der Waals surface area (Å²) in [6.45, 7) is 0. The SMILES string of the molecule is O=C1CC(C(Cl)(Cl)Cl)C(=O)N1. The van der Waals surface area contributed by atoms with Crippen molar-refractivity contribution >= 4 is 46.6 Å². The molecule has 11 heavy (non-hydrogen) atoms.